The Morgan fingerprint density at radius 1 is 0.643 bits per heavy atom. The zero-order valence-electron chi connectivity index (χ0n) is 18.2. The lowest BCUT2D eigenvalue weighted by molar-refractivity contribution is -0.148. The van der Waals surface area contributed by atoms with E-state index in [4.69, 9.17) is 4.74 Å². The highest BCUT2D eigenvalue weighted by molar-refractivity contribution is 5.72. The van der Waals surface area contributed by atoms with Gasteiger partial charge >= 0.3 is 5.97 Å². The van der Waals surface area contributed by atoms with Crippen LogP contribution >= 0.6 is 0 Å². The average molecular weight is 385 g/mol. The van der Waals surface area contributed by atoms with Gasteiger partial charge < -0.3 is 4.74 Å². The lowest BCUT2D eigenvalue weighted by Crippen LogP contribution is -2.16. The summed E-state index contributed by atoms with van der Waals surface area (Å²) in [4.78, 5) is 11.7. The maximum Gasteiger partial charge on any atom is 0.309 e. The number of esters is 1. The Morgan fingerprint density at radius 2 is 1.04 bits per heavy atom. The Hall–Kier alpha value is -2.09. The van der Waals surface area contributed by atoms with Crippen molar-refractivity contribution in [2.45, 2.75) is 72.1 Å². The molecule has 0 heterocycles. The molecule has 0 aromatic rings. The number of rotatable bonds is 16. The van der Waals surface area contributed by atoms with Gasteiger partial charge in [0, 0.05) is 0 Å². The average Bonchev–Trinajstić information content (AvgIpc) is 2.70. The monoisotopic (exact) mass is 384 g/mol. The predicted octanol–water partition coefficient (Wildman–Crippen LogP) is 7.66. The summed E-state index contributed by atoms with van der Waals surface area (Å²) in [6.07, 6.45) is 33.8. The molecule has 0 saturated heterocycles. The van der Waals surface area contributed by atoms with E-state index in [-0.39, 0.29) is 11.9 Å². The van der Waals surface area contributed by atoms with Gasteiger partial charge in [0.2, 0.25) is 0 Å². The van der Waals surface area contributed by atoms with E-state index in [0.717, 1.165) is 51.4 Å². The molecule has 0 rings (SSSR count). The van der Waals surface area contributed by atoms with E-state index in [2.05, 4.69) is 79.8 Å². The minimum atomic E-state index is -0.0791. The number of hydrogen-bond donors (Lipinski definition) is 0. The number of hydrogen-bond acceptors (Lipinski definition) is 2. The van der Waals surface area contributed by atoms with Gasteiger partial charge in [-0.15, -0.1) is 0 Å². The molecule has 0 aromatic carbocycles. The molecule has 0 N–H and O–H groups in total. The van der Waals surface area contributed by atoms with Crippen molar-refractivity contribution in [3.8, 4) is 0 Å². The molecule has 0 spiro atoms. The summed E-state index contributed by atoms with van der Waals surface area (Å²) in [6, 6.07) is 0. The normalized spacial score (nSPS) is 14.0. The first-order valence-electron chi connectivity index (χ1n) is 10.8. The van der Waals surface area contributed by atoms with Crippen LogP contribution in [0.2, 0.25) is 0 Å². The van der Waals surface area contributed by atoms with Crippen LogP contribution in [-0.2, 0) is 9.53 Å². The van der Waals surface area contributed by atoms with Crippen molar-refractivity contribution in [1.29, 1.82) is 0 Å². The van der Waals surface area contributed by atoms with E-state index in [9.17, 15) is 4.79 Å². The third-order valence-electron chi connectivity index (χ3n) is 4.13. The highest BCUT2D eigenvalue weighted by Crippen LogP contribution is 2.11. The molecule has 0 aliphatic heterocycles. The maximum atomic E-state index is 11.7. The zero-order valence-corrected chi connectivity index (χ0v) is 18.2. The summed E-state index contributed by atoms with van der Waals surface area (Å²) in [6.45, 7) is 6.49. The molecule has 0 saturated carbocycles. The first kappa shape index (κ1) is 25.9. The number of carbonyl (C=O) groups excluding carboxylic acids is 1. The fraction of sp³-hybridized carbons (Fsp3) is 0.500. The van der Waals surface area contributed by atoms with Gasteiger partial charge in [0.1, 0.15) is 0 Å². The summed E-state index contributed by atoms with van der Waals surface area (Å²) in [5, 5.41) is 0. The van der Waals surface area contributed by atoms with Gasteiger partial charge in [-0.2, -0.15) is 0 Å². The lowest BCUT2D eigenvalue weighted by atomic mass is 10.0. The number of carbonyl (C=O) groups is 1. The van der Waals surface area contributed by atoms with Crippen LogP contribution in [-0.4, -0.2) is 12.6 Å². The summed E-state index contributed by atoms with van der Waals surface area (Å²) in [5.41, 5.74) is 0. The van der Waals surface area contributed by atoms with E-state index in [1.807, 2.05) is 13.8 Å². The quantitative estimate of drug-likeness (QED) is 0.202. The van der Waals surface area contributed by atoms with Gasteiger partial charge in [-0.05, 0) is 58.3 Å². The fourth-order valence-electron chi connectivity index (χ4n) is 2.47. The first-order chi connectivity index (χ1) is 13.8. The van der Waals surface area contributed by atoms with E-state index < -0.39 is 0 Å². The smallest absolute Gasteiger partial charge is 0.309 e. The molecule has 0 fully saturated rings. The van der Waals surface area contributed by atoms with E-state index in [0.29, 0.717) is 6.61 Å². The topological polar surface area (TPSA) is 26.3 Å². The Labute approximate surface area is 173 Å². The Morgan fingerprint density at radius 3 is 1.39 bits per heavy atom. The molecule has 1 atom stereocenters. The second-order valence-electron chi connectivity index (χ2n) is 6.51. The summed E-state index contributed by atoms with van der Waals surface area (Å²) >= 11 is 0. The molecule has 0 radical (unpaired) electrons. The molecule has 156 valence electrons. The Kier molecular flexibility index (Phi) is 19.6. The second-order valence-corrected chi connectivity index (χ2v) is 6.51. The Bertz CT molecular complexity index is 533. The number of ether oxygens (including phenoxy) is 1. The molecule has 2 nitrogen and oxygen atoms in total. The van der Waals surface area contributed by atoms with Crippen LogP contribution in [0.25, 0.3) is 0 Å². The van der Waals surface area contributed by atoms with Crippen molar-refractivity contribution in [3.63, 3.8) is 0 Å². The van der Waals surface area contributed by atoms with Crippen molar-refractivity contribution in [3.05, 3.63) is 72.9 Å². The molecule has 0 aliphatic carbocycles. The molecule has 0 amide bonds. The van der Waals surface area contributed by atoms with Crippen molar-refractivity contribution in [2.24, 2.45) is 5.92 Å². The van der Waals surface area contributed by atoms with Gasteiger partial charge in [0.25, 0.3) is 0 Å². The molecule has 2 heteroatoms. The highest BCUT2D eigenvalue weighted by Gasteiger charge is 2.15. The molecule has 0 aromatic heterocycles. The largest absolute Gasteiger partial charge is 0.466 e. The van der Waals surface area contributed by atoms with Crippen LogP contribution in [0.4, 0.5) is 0 Å². The van der Waals surface area contributed by atoms with Gasteiger partial charge in [-0.3, -0.25) is 4.79 Å². The van der Waals surface area contributed by atoms with Gasteiger partial charge in [0.15, 0.2) is 0 Å². The van der Waals surface area contributed by atoms with Crippen molar-refractivity contribution in [1.82, 2.24) is 0 Å². The van der Waals surface area contributed by atoms with Crippen molar-refractivity contribution < 1.29 is 9.53 Å². The van der Waals surface area contributed by atoms with Crippen molar-refractivity contribution in [2.75, 3.05) is 6.61 Å². The summed E-state index contributed by atoms with van der Waals surface area (Å²) in [5.74, 6) is -0.0888. The van der Waals surface area contributed by atoms with Gasteiger partial charge in [0.05, 0.1) is 12.5 Å². The van der Waals surface area contributed by atoms with Crippen molar-refractivity contribution >= 4 is 5.97 Å². The minimum Gasteiger partial charge on any atom is -0.466 e. The second kappa shape index (κ2) is 21.2. The molecular weight excluding hydrogens is 344 g/mol. The van der Waals surface area contributed by atoms with Crippen LogP contribution < -0.4 is 0 Å². The SMILES string of the molecule is CCC=CCC=CCC=CCC=CCC=CCC=CC[C@H](CC)C(=O)OCC. The minimum absolute atomic E-state index is 0.00967. The molecule has 28 heavy (non-hydrogen) atoms. The molecular formula is C26H40O2. The molecule has 0 unspecified atom stereocenters. The predicted molar refractivity (Wildman–Crippen MR) is 123 cm³/mol. The fourth-order valence-corrected chi connectivity index (χ4v) is 2.47. The van der Waals surface area contributed by atoms with Gasteiger partial charge in [-0.25, -0.2) is 0 Å². The van der Waals surface area contributed by atoms with Crippen LogP contribution in [0.1, 0.15) is 72.1 Å². The van der Waals surface area contributed by atoms with Gasteiger partial charge in [-0.1, -0.05) is 86.8 Å². The van der Waals surface area contributed by atoms with Crippen LogP contribution in [0.3, 0.4) is 0 Å². The standard InChI is InChI=1S/C26H40O2/c1-4-7-8-9-10-11-12-13-14-15-16-17-18-19-20-21-22-23-24-25(5-2)26(27)28-6-3/h7-8,10-11,13-14,16-17,19-20,22-23,25H,4-6,9,12,15,18,21,24H2,1-3H3/t25-/m0/s1. The lowest BCUT2D eigenvalue weighted by Gasteiger charge is -2.10. The third kappa shape index (κ3) is 17.3. The van der Waals surface area contributed by atoms with Crippen LogP contribution in [0, 0.1) is 5.92 Å². The van der Waals surface area contributed by atoms with E-state index in [1.165, 1.54) is 0 Å². The molecule has 0 bridgehead atoms. The summed E-state index contributed by atoms with van der Waals surface area (Å²) < 4.78 is 5.08. The zero-order chi connectivity index (χ0) is 20.7. The van der Waals surface area contributed by atoms with Crippen LogP contribution in [0.5, 0.6) is 0 Å². The maximum absolute atomic E-state index is 11.7. The summed E-state index contributed by atoms with van der Waals surface area (Å²) in [7, 11) is 0. The van der Waals surface area contributed by atoms with E-state index in [1.54, 1.807) is 0 Å². The van der Waals surface area contributed by atoms with Crippen LogP contribution in [0.15, 0.2) is 72.9 Å². The third-order valence-corrected chi connectivity index (χ3v) is 4.13. The molecule has 0 aliphatic rings. The Balaban J connectivity index is 3.74. The van der Waals surface area contributed by atoms with E-state index >= 15 is 0 Å². The highest BCUT2D eigenvalue weighted by atomic mass is 16.5. The number of allylic oxidation sites excluding steroid dienone is 12. The first-order valence-corrected chi connectivity index (χ1v) is 10.8.